The topological polar surface area (TPSA) is 75.4 Å². The number of nitrogens with zero attached hydrogens (tertiary/aromatic N) is 1. The number of anilines is 1. The summed E-state index contributed by atoms with van der Waals surface area (Å²) in [6.45, 7) is 5.13. The monoisotopic (exact) mass is 433 g/mol. The molecule has 0 spiro atoms. The van der Waals surface area contributed by atoms with Crippen LogP contribution >= 0.6 is 11.3 Å². The first-order chi connectivity index (χ1) is 15.0. The number of rotatable bonds is 6. The minimum atomic E-state index is -0.546. The molecule has 0 saturated carbocycles. The van der Waals surface area contributed by atoms with Gasteiger partial charge in [-0.1, -0.05) is 48.9 Å². The maximum Gasteiger partial charge on any atom is 0.256 e. The van der Waals surface area contributed by atoms with E-state index in [1.54, 1.807) is 0 Å². The SMILES string of the molecule is Cc1sc(NC(=O)c2ccc(CN3CCCCC3)cc2)c(C(N)=O)c1-c1ccccc1. The van der Waals surface area contributed by atoms with Crippen molar-refractivity contribution in [1.82, 2.24) is 4.90 Å². The van der Waals surface area contributed by atoms with Gasteiger partial charge in [-0.05, 0) is 56.1 Å². The van der Waals surface area contributed by atoms with Crippen LogP contribution in [-0.4, -0.2) is 29.8 Å². The van der Waals surface area contributed by atoms with Gasteiger partial charge in [-0.25, -0.2) is 0 Å². The van der Waals surface area contributed by atoms with Crippen LogP contribution in [0.4, 0.5) is 5.00 Å². The van der Waals surface area contributed by atoms with Crippen molar-refractivity contribution in [3.63, 3.8) is 0 Å². The quantitative estimate of drug-likeness (QED) is 0.570. The molecule has 0 atom stereocenters. The van der Waals surface area contributed by atoms with Crippen molar-refractivity contribution in [3.8, 4) is 11.1 Å². The first-order valence-electron chi connectivity index (χ1n) is 10.6. The standard InChI is InChI=1S/C25H27N3O2S/c1-17-21(19-8-4-2-5-9-19)22(23(26)29)25(31-17)27-24(30)20-12-10-18(11-13-20)16-28-14-6-3-7-15-28/h2,4-5,8-13H,3,6-7,14-16H2,1H3,(H2,26,29)(H,27,30). The molecule has 3 aromatic rings. The number of nitrogens with one attached hydrogen (secondary N) is 1. The van der Waals surface area contributed by atoms with Crippen molar-refractivity contribution in [2.24, 2.45) is 5.73 Å². The number of piperidine rings is 1. The van der Waals surface area contributed by atoms with E-state index in [4.69, 9.17) is 5.73 Å². The smallest absolute Gasteiger partial charge is 0.256 e. The Morgan fingerprint density at radius 1 is 1.00 bits per heavy atom. The highest BCUT2D eigenvalue weighted by molar-refractivity contribution is 7.17. The van der Waals surface area contributed by atoms with E-state index in [0.717, 1.165) is 35.6 Å². The summed E-state index contributed by atoms with van der Waals surface area (Å²) in [7, 11) is 0. The zero-order valence-corrected chi connectivity index (χ0v) is 18.5. The van der Waals surface area contributed by atoms with Gasteiger partial charge in [0.25, 0.3) is 11.8 Å². The summed E-state index contributed by atoms with van der Waals surface area (Å²) >= 11 is 1.37. The molecule has 2 aromatic carbocycles. The Balaban J connectivity index is 1.52. The van der Waals surface area contributed by atoms with Gasteiger partial charge in [0.2, 0.25) is 0 Å². The third-order valence-electron chi connectivity index (χ3n) is 5.69. The largest absolute Gasteiger partial charge is 0.365 e. The molecule has 0 radical (unpaired) electrons. The Hall–Kier alpha value is -2.96. The number of hydrogen-bond donors (Lipinski definition) is 2. The van der Waals surface area contributed by atoms with E-state index in [9.17, 15) is 9.59 Å². The van der Waals surface area contributed by atoms with Gasteiger partial charge in [0, 0.05) is 22.5 Å². The molecule has 1 aromatic heterocycles. The molecule has 0 bridgehead atoms. The Morgan fingerprint density at radius 2 is 1.68 bits per heavy atom. The van der Waals surface area contributed by atoms with Crippen molar-refractivity contribution < 1.29 is 9.59 Å². The lowest BCUT2D eigenvalue weighted by Gasteiger charge is -2.26. The number of hydrogen-bond acceptors (Lipinski definition) is 4. The number of carbonyl (C=O) groups excluding carboxylic acids is 2. The Bertz CT molecular complexity index is 1070. The molecule has 0 unspecified atom stereocenters. The fourth-order valence-electron chi connectivity index (χ4n) is 4.13. The van der Waals surface area contributed by atoms with E-state index in [1.807, 2.05) is 61.5 Å². The highest BCUT2D eigenvalue weighted by atomic mass is 32.1. The summed E-state index contributed by atoms with van der Waals surface area (Å²) < 4.78 is 0. The summed E-state index contributed by atoms with van der Waals surface area (Å²) in [5.41, 5.74) is 9.52. The van der Waals surface area contributed by atoms with Crippen LogP contribution < -0.4 is 11.1 Å². The zero-order chi connectivity index (χ0) is 21.8. The van der Waals surface area contributed by atoms with Gasteiger partial charge in [-0.2, -0.15) is 0 Å². The van der Waals surface area contributed by atoms with Crippen molar-refractivity contribution >= 4 is 28.2 Å². The first kappa shape index (κ1) is 21.3. The minimum absolute atomic E-state index is 0.243. The number of amides is 2. The fourth-order valence-corrected chi connectivity index (χ4v) is 5.21. The van der Waals surface area contributed by atoms with E-state index in [2.05, 4.69) is 10.2 Å². The Morgan fingerprint density at radius 3 is 2.32 bits per heavy atom. The lowest BCUT2D eigenvalue weighted by molar-refractivity contribution is 0.100. The summed E-state index contributed by atoms with van der Waals surface area (Å²) in [6, 6.07) is 17.3. The van der Waals surface area contributed by atoms with E-state index in [0.29, 0.717) is 16.1 Å². The predicted molar refractivity (Wildman–Crippen MR) is 127 cm³/mol. The van der Waals surface area contributed by atoms with Crippen LogP contribution in [0.5, 0.6) is 0 Å². The van der Waals surface area contributed by atoms with Crippen LogP contribution in [0.25, 0.3) is 11.1 Å². The van der Waals surface area contributed by atoms with Gasteiger partial charge in [0.15, 0.2) is 0 Å². The molecular weight excluding hydrogens is 406 g/mol. The minimum Gasteiger partial charge on any atom is -0.365 e. The van der Waals surface area contributed by atoms with Crippen LogP contribution in [0.3, 0.4) is 0 Å². The van der Waals surface area contributed by atoms with Crippen molar-refractivity contribution in [3.05, 3.63) is 76.2 Å². The normalized spacial score (nSPS) is 14.4. The summed E-state index contributed by atoms with van der Waals surface area (Å²) in [6.07, 6.45) is 3.83. The summed E-state index contributed by atoms with van der Waals surface area (Å²) in [4.78, 5) is 28.5. The van der Waals surface area contributed by atoms with E-state index >= 15 is 0 Å². The molecule has 160 valence electrons. The van der Waals surface area contributed by atoms with Gasteiger partial charge in [-0.3, -0.25) is 14.5 Å². The highest BCUT2D eigenvalue weighted by Gasteiger charge is 2.23. The number of thiophene rings is 1. The van der Waals surface area contributed by atoms with Crippen LogP contribution in [0.15, 0.2) is 54.6 Å². The van der Waals surface area contributed by atoms with Gasteiger partial charge < -0.3 is 11.1 Å². The zero-order valence-electron chi connectivity index (χ0n) is 17.7. The predicted octanol–water partition coefficient (Wildman–Crippen LogP) is 5.06. The number of aryl methyl sites for hydroxylation is 1. The molecule has 1 fully saturated rings. The molecule has 2 heterocycles. The van der Waals surface area contributed by atoms with Gasteiger partial charge in [-0.15, -0.1) is 11.3 Å². The number of nitrogens with two attached hydrogens (primary N) is 1. The van der Waals surface area contributed by atoms with Crippen LogP contribution in [-0.2, 0) is 6.54 Å². The number of carbonyl (C=O) groups is 2. The average molecular weight is 434 g/mol. The molecule has 4 rings (SSSR count). The molecule has 6 heteroatoms. The third kappa shape index (κ3) is 4.86. The maximum absolute atomic E-state index is 12.9. The van der Waals surface area contributed by atoms with E-state index < -0.39 is 5.91 Å². The molecule has 1 aliphatic heterocycles. The lowest BCUT2D eigenvalue weighted by Crippen LogP contribution is -2.29. The van der Waals surface area contributed by atoms with Gasteiger partial charge >= 0.3 is 0 Å². The van der Waals surface area contributed by atoms with Gasteiger partial charge in [0.1, 0.15) is 5.00 Å². The van der Waals surface area contributed by atoms with Crippen molar-refractivity contribution in [1.29, 1.82) is 0 Å². The number of primary amides is 1. The fraction of sp³-hybridized carbons (Fsp3) is 0.280. The van der Waals surface area contributed by atoms with Crippen molar-refractivity contribution in [2.75, 3.05) is 18.4 Å². The molecule has 3 N–H and O–H groups in total. The average Bonchev–Trinajstić information content (AvgIpc) is 3.11. The Labute approximate surface area is 186 Å². The molecule has 1 aliphatic rings. The summed E-state index contributed by atoms with van der Waals surface area (Å²) in [5, 5.41) is 3.40. The van der Waals surface area contributed by atoms with Crippen molar-refractivity contribution in [2.45, 2.75) is 32.7 Å². The van der Waals surface area contributed by atoms with E-state index in [1.165, 1.54) is 36.2 Å². The van der Waals surface area contributed by atoms with Crippen LogP contribution in [0.1, 0.15) is 50.4 Å². The first-order valence-corrected chi connectivity index (χ1v) is 11.5. The highest BCUT2D eigenvalue weighted by Crippen LogP contribution is 2.39. The molecule has 1 saturated heterocycles. The second-order valence-corrected chi connectivity index (χ2v) is 9.18. The molecular formula is C25H27N3O2S. The van der Waals surface area contributed by atoms with Crippen LogP contribution in [0.2, 0.25) is 0 Å². The number of likely N-dealkylation sites (tertiary alicyclic amines) is 1. The van der Waals surface area contributed by atoms with E-state index in [-0.39, 0.29) is 5.91 Å². The molecule has 0 aliphatic carbocycles. The van der Waals surface area contributed by atoms with Crippen LogP contribution in [0, 0.1) is 6.92 Å². The molecule has 5 nitrogen and oxygen atoms in total. The maximum atomic E-state index is 12.9. The Kier molecular flexibility index (Phi) is 6.49. The summed E-state index contributed by atoms with van der Waals surface area (Å²) in [5.74, 6) is -0.789. The lowest BCUT2D eigenvalue weighted by atomic mass is 10.0. The number of benzene rings is 2. The second-order valence-electron chi connectivity index (χ2n) is 7.96. The third-order valence-corrected chi connectivity index (χ3v) is 6.71. The second kappa shape index (κ2) is 9.45. The molecule has 31 heavy (non-hydrogen) atoms. The van der Waals surface area contributed by atoms with Gasteiger partial charge in [0.05, 0.1) is 5.56 Å². The molecule has 2 amide bonds.